The van der Waals surface area contributed by atoms with E-state index in [1.54, 1.807) is 39.0 Å². The van der Waals surface area contributed by atoms with E-state index in [1.807, 2.05) is 0 Å². The molecule has 0 atom stereocenters. The topological polar surface area (TPSA) is 49.4 Å². The second kappa shape index (κ2) is 8.95. The lowest BCUT2D eigenvalue weighted by molar-refractivity contribution is 0.0358. The molecule has 0 aliphatic heterocycles. The highest BCUT2D eigenvalue weighted by Gasteiger charge is 2.30. The van der Waals surface area contributed by atoms with E-state index in [1.165, 1.54) is 35.3 Å². The molecule has 4 nitrogen and oxygen atoms in total. The van der Waals surface area contributed by atoms with Gasteiger partial charge in [-0.3, -0.25) is 15.0 Å². The van der Waals surface area contributed by atoms with Crippen molar-refractivity contribution in [1.29, 1.82) is 0 Å². The zero-order chi connectivity index (χ0) is 21.1. The predicted molar refractivity (Wildman–Crippen MR) is 111 cm³/mol. The fraction of sp³-hybridized carbons (Fsp3) is 0.200. The van der Waals surface area contributed by atoms with Crippen molar-refractivity contribution < 1.29 is 14.0 Å². The van der Waals surface area contributed by atoms with Crippen molar-refractivity contribution in [2.75, 3.05) is 0 Å². The molecule has 148 valence electrons. The highest BCUT2D eigenvalue weighted by atomic mass is 35.5. The van der Waals surface area contributed by atoms with Crippen LogP contribution < -0.4 is 5.43 Å². The predicted octanol–water partition coefficient (Wildman–Crippen LogP) is 5.75. The molecule has 2 amide bonds. The van der Waals surface area contributed by atoms with E-state index in [2.05, 4.69) is 5.43 Å². The van der Waals surface area contributed by atoms with E-state index in [-0.39, 0.29) is 20.7 Å². The Morgan fingerprint density at radius 2 is 1.50 bits per heavy atom. The summed E-state index contributed by atoms with van der Waals surface area (Å²) in [6.45, 7) is 5.30. The molecule has 2 aromatic rings. The zero-order valence-corrected chi connectivity index (χ0v) is 17.7. The number of nitrogens with one attached hydrogen (secondary N) is 1. The summed E-state index contributed by atoms with van der Waals surface area (Å²) in [4.78, 5) is 25.6. The van der Waals surface area contributed by atoms with E-state index < -0.39 is 23.2 Å². The molecule has 0 aliphatic rings. The first-order valence-electron chi connectivity index (χ1n) is 8.23. The number of hydrogen-bond acceptors (Lipinski definition) is 2. The van der Waals surface area contributed by atoms with Crippen molar-refractivity contribution in [3.8, 4) is 0 Å². The highest BCUT2D eigenvalue weighted by molar-refractivity contribution is 6.66. The third-order valence-corrected chi connectivity index (χ3v) is 4.70. The molecule has 28 heavy (non-hydrogen) atoms. The monoisotopic (exact) mass is 442 g/mol. The maximum absolute atomic E-state index is 13.1. The van der Waals surface area contributed by atoms with Crippen molar-refractivity contribution in [3.63, 3.8) is 0 Å². The van der Waals surface area contributed by atoms with Gasteiger partial charge in [0.2, 0.25) is 0 Å². The number of amides is 2. The molecule has 2 aromatic carbocycles. The van der Waals surface area contributed by atoms with Gasteiger partial charge < -0.3 is 0 Å². The fourth-order valence-corrected chi connectivity index (χ4v) is 2.65. The molecule has 0 fully saturated rings. The lowest BCUT2D eigenvalue weighted by atomic mass is 10.0. The van der Waals surface area contributed by atoms with E-state index in [4.69, 9.17) is 34.8 Å². The molecule has 0 saturated carbocycles. The lowest BCUT2D eigenvalue weighted by Gasteiger charge is -2.35. The van der Waals surface area contributed by atoms with Crippen molar-refractivity contribution in [3.05, 3.63) is 75.5 Å². The van der Waals surface area contributed by atoms with Crippen LogP contribution in [0.3, 0.4) is 0 Å². The summed E-state index contributed by atoms with van der Waals surface area (Å²) >= 11 is 17.5. The number of benzene rings is 2. The van der Waals surface area contributed by atoms with Crippen LogP contribution in [0.5, 0.6) is 0 Å². The number of nitrogens with zero attached hydrogens (tertiary/aromatic N) is 1. The number of carbonyl (C=O) groups excluding carboxylic acids is 2. The zero-order valence-electron chi connectivity index (χ0n) is 15.4. The molecular weight excluding hydrogens is 426 g/mol. The van der Waals surface area contributed by atoms with Gasteiger partial charge in [0.15, 0.2) is 0 Å². The lowest BCUT2D eigenvalue weighted by Crippen LogP contribution is -2.55. The Balaban J connectivity index is 2.35. The molecule has 0 aliphatic carbocycles. The largest absolute Gasteiger partial charge is 0.272 e. The molecule has 0 saturated heterocycles. The Labute approximate surface area is 177 Å². The quantitative estimate of drug-likeness (QED) is 0.614. The van der Waals surface area contributed by atoms with Gasteiger partial charge in [0.05, 0.1) is 10.6 Å². The SMILES string of the molecule is CC(C)(C)N(NC(=O)c1ccc(F)cc1)C(=O)c1cccc(C(Cl)=C(Cl)Cl)c1. The third-order valence-electron chi connectivity index (χ3n) is 3.72. The Morgan fingerprint density at radius 3 is 2.04 bits per heavy atom. The van der Waals surface area contributed by atoms with Crippen LogP contribution in [0.1, 0.15) is 47.1 Å². The van der Waals surface area contributed by atoms with Gasteiger partial charge in [-0.2, -0.15) is 0 Å². The van der Waals surface area contributed by atoms with Gasteiger partial charge in [-0.05, 0) is 62.7 Å². The van der Waals surface area contributed by atoms with Crippen molar-refractivity contribution in [2.24, 2.45) is 0 Å². The van der Waals surface area contributed by atoms with Crippen LogP contribution in [0.4, 0.5) is 4.39 Å². The molecule has 0 aromatic heterocycles. The van der Waals surface area contributed by atoms with Crippen LogP contribution in [0, 0.1) is 5.82 Å². The average molecular weight is 444 g/mol. The van der Waals surface area contributed by atoms with E-state index in [0.29, 0.717) is 5.56 Å². The van der Waals surface area contributed by atoms with Crippen LogP contribution in [0.25, 0.3) is 5.03 Å². The average Bonchev–Trinajstić information content (AvgIpc) is 2.64. The standard InChI is InChI=1S/C20H18Cl3FN2O2/c1-20(2,3)26(25-18(27)12-7-9-15(24)10-8-12)19(28)14-6-4-5-13(11-14)16(21)17(22)23/h4-11H,1-3H3,(H,25,27). The summed E-state index contributed by atoms with van der Waals surface area (Å²) in [5, 5.41) is 1.31. The van der Waals surface area contributed by atoms with Crippen LogP contribution in [0.15, 0.2) is 53.0 Å². The molecule has 0 heterocycles. The van der Waals surface area contributed by atoms with E-state index in [9.17, 15) is 14.0 Å². The van der Waals surface area contributed by atoms with Crippen LogP contribution in [0.2, 0.25) is 0 Å². The Kier molecular flexibility index (Phi) is 7.10. The number of rotatable bonds is 3. The molecule has 0 unspecified atom stereocenters. The molecule has 0 spiro atoms. The Bertz CT molecular complexity index is 918. The first kappa shape index (κ1) is 22.2. The Hall–Kier alpha value is -2.08. The minimum absolute atomic E-state index is 0.107. The summed E-state index contributed by atoms with van der Waals surface area (Å²) < 4.78 is 13.0. The highest BCUT2D eigenvalue weighted by Crippen LogP contribution is 2.29. The summed E-state index contributed by atoms with van der Waals surface area (Å²) in [5.74, 6) is -1.46. The number of hydrazine groups is 1. The van der Waals surface area contributed by atoms with Crippen LogP contribution in [-0.2, 0) is 0 Å². The normalized spacial score (nSPS) is 11.0. The second-order valence-corrected chi connectivity index (χ2v) is 8.24. The fourth-order valence-electron chi connectivity index (χ4n) is 2.32. The molecular formula is C20H18Cl3FN2O2. The van der Waals surface area contributed by atoms with Gasteiger partial charge in [0.1, 0.15) is 10.3 Å². The van der Waals surface area contributed by atoms with Crippen LogP contribution in [-0.4, -0.2) is 22.4 Å². The Morgan fingerprint density at radius 1 is 0.929 bits per heavy atom. The number of halogens is 4. The smallest absolute Gasteiger partial charge is 0.267 e. The van der Waals surface area contributed by atoms with Gasteiger partial charge in [0, 0.05) is 11.1 Å². The molecule has 0 radical (unpaired) electrons. The van der Waals surface area contributed by atoms with Gasteiger partial charge in [0.25, 0.3) is 11.8 Å². The first-order chi connectivity index (χ1) is 13.0. The van der Waals surface area contributed by atoms with Crippen LogP contribution >= 0.6 is 34.8 Å². The van der Waals surface area contributed by atoms with Gasteiger partial charge in [-0.1, -0.05) is 46.9 Å². The van der Waals surface area contributed by atoms with E-state index in [0.717, 1.165) is 0 Å². The second-order valence-electron chi connectivity index (χ2n) is 6.91. The minimum atomic E-state index is -0.744. The van der Waals surface area contributed by atoms with Gasteiger partial charge >= 0.3 is 0 Å². The summed E-state index contributed by atoms with van der Waals surface area (Å²) in [5.41, 5.74) is 2.81. The van der Waals surface area contributed by atoms with Gasteiger partial charge in [-0.25, -0.2) is 9.40 Å². The number of hydrogen-bond donors (Lipinski definition) is 1. The number of carbonyl (C=O) groups is 2. The van der Waals surface area contributed by atoms with Crippen molar-refractivity contribution >= 4 is 51.6 Å². The molecule has 1 N–H and O–H groups in total. The summed E-state index contributed by atoms with van der Waals surface area (Å²) in [6, 6.07) is 11.4. The summed E-state index contributed by atoms with van der Waals surface area (Å²) in [6.07, 6.45) is 0. The third kappa shape index (κ3) is 5.47. The van der Waals surface area contributed by atoms with Gasteiger partial charge in [-0.15, -0.1) is 0 Å². The maximum Gasteiger partial charge on any atom is 0.272 e. The molecule has 8 heteroatoms. The van der Waals surface area contributed by atoms with Crippen molar-refractivity contribution in [2.45, 2.75) is 26.3 Å². The first-order valence-corrected chi connectivity index (χ1v) is 9.36. The summed E-state index contributed by atoms with van der Waals surface area (Å²) in [7, 11) is 0. The minimum Gasteiger partial charge on any atom is -0.267 e. The van der Waals surface area contributed by atoms with E-state index >= 15 is 0 Å². The maximum atomic E-state index is 13.1. The molecule has 2 rings (SSSR count). The molecule has 0 bridgehead atoms. The van der Waals surface area contributed by atoms with Crippen molar-refractivity contribution in [1.82, 2.24) is 10.4 Å².